The van der Waals surface area contributed by atoms with Gasteiger partial charge in [0.2, 0.25) is 11.8 Å². The summed E-state index contributed by atoms with van der Waals surface area (Å²) in [5, 5.41) is 27.4. The average Bonchev–Trinajstić information content (AvgIpc) is 3.33. The lowest BCUT2D eigenvalue weighted by Crippen LogP contribution is -2.49. The number of carbonyl (C=O) groups excluding carboxylic acids is 2. The van der Waals surface area contributed by atoms with Crippen molar-refractivity contribution in [3.63, 3.8) is 0 Å². The van der Waals surface area contributed by atoms with E-state index in [-0.39, 0.29) is 52.8 Å². The van der Waals surface area contributed by atoms with Crippen molar-refractivity contribution < 1.29 is 28.6 Å². The van der Waals surface area contributed by atoms with Crippen LogP contribution in [0.2, 0.25) is 10.0 Å². The summed E-state index contributed by atoms with van der Waals surface area (Å²) in [6.07, 6.45) is 0.657. The Kier molecular flexibility index (Phi) is 8.59. The zero-order chi connectivity index (χ0) is 28.7. The summed E-state index contributed by atoms with van der Waals surface area (Å²) < 4.78 is 30.7. The van der Waals surface area contributed by atoms with E-state index in [4.69, 9.17) is 23.2 Å². The van der Waals surface area contributed by atoms with E-state index < -0.39 is 52.8 Å². The van der Waals surface area contributed by atoms with Crippen molar-refractivity contribution in [1.29, 1.82) is 0 Å². The third kappa shape index (κ3) is 5.39. The van der Waals surface area contributed by atoms with Crippen LogP contribution in [0.15, 0.2) is 30.3 Å². The standard InChI is InChI=1S/C28H33Cl2F2N3O4/c1-27(2,3)11-21-28(16-9-19(31)18(30)10-20(16)34-26(28)39)22(15-5-4-6-17(29)23(15)32)24(35-21)25(38)33-12-14(13-37)7-8-36/h4-6,9-10,14,21-22,24,35-37H,7-8,11-13H2,1-3H3,(H,33,38)(H,34,39)/t14-,21+,22-,24+,28-/m0/s1. The van der Waals surface area contributed by atoms with Gasteiger partial charge < -0.3 is 26.2 Å². The first kappa shape index (κ1) is 29.7. The number of benzene rings is 2. The molecule has 0 radical (unpaired) electrons. The van der Waals surface area contributed by atoms with Gasteiger partial charge in [-0.2, -0.15) is 0 Å². The first-order valence-corrected chi connectivity index (χ1v) is 13.6. The average molecular weight is 584 g/mol. The minimum absolute atomic E-state index is 0.0407. The quantitative estimate of drug-likeness (QED) is 0.321. The molecule has 0 aliphatic carbocycles. The first-order chi connectivity index (χ1) is 18.3. The Morgan fingerprint density at radius 1 is 1.18 bits per heavy atom. The van der Waals surface area contributed by atoms with Gasteiger partial charge in [-0.15, -0.1) is 0 Å². The molecule has 7 nitrogen and oxygen atoms in total. The van der Waals surface area contributed by atoms with Gasteiger partial charge in [-0.3, -0.25) is 9.59 Å². The number of fused-ring (bicyclic) bond motifs is 2. The van der Waals surface area contributed by atoms with Gasteiger partial charge in [0.25, 0.3) is 0 Å². The molecule has 2 aromatic rings. The summed E-state index contributed by atoms with van der Waals surface area (Å²) in [5.41, 5.74) is -1.31. The number of halogens is 4. The van der Waals surface area contributed by atoms with E-state index in [1.807, 2.05) is 20.8 Å². The number of nitrogens with one attached hydrogen (secondary N) is 3. The van der Waals surface area contributed by atoms with Gasteiger partial charge in [0, 0.05) is 43.3 Å². The maximum atomic E-state index is 15.7. The molecule has 5 atom stereocenters. The van der Waals surface area contributed by atoms with E-state index >= 15 is 4.39 Å². The Balaban J connectivity index is 1.92. The van der Waals surface area contributed by atoms with Gasteiger partial charge >= 0.3 is 0 Å². The number of aliphatic hydroxyl groups is 2. The van der Waals surface area contributed by atoms with E-state index in [0.29, 0.717) is 12.1 Å². The van der Waals surface area contributed by atoms with Gasteiger partial charge in [0.15, 0.2) is 0 Å². The summed E-state index contributed by atoms with van der Waals surface area (Å²) >= 11 is 12.2. The Morgan fingerprint density at radius 2 is 1.90 bits per heavy atom. The van der Waals surface area contributed by atoms with Gasteiger partial charge in [-0.25, -0.2) is 8.78 Å². The Labute approximate surface area is 236 Å². The highest BCUT2D eigenvalue weighted by molar-refractivity contribution is 6.31. The normalized spacial score (nSPS) is 25.1. The molecular weight excluding hydrogens is 551 g/mol. The summed E-state index contributed by atoms with van der Waals surface area (Å²) in [4.78, 5) is 27.8. The smallest absolute Gasteiger partial charge is 0.237 e. The molecule has 11 heteroatoms. The van der Waals surface area contributed by atoms with E-state index in [0.717, 1.165) is 0 Å². The van der Waals surface area contributed by atoms with Crippen LogP contribution in [0.5, 0.6) is 0 Å². The molecule has 0 aromatic heterocycles. The highest BCUT2D eigenvalue weighted by atomic mass is 35.5. The third-order valence-electron chi connectivity index (χ3n) is 7.66. The molecule has 0 saturated carbocycles. The maximum Gasteiger partial charge on any atom is 0.237 e. The van der Waals surface area contributed by atoms with Crippen molar-refractivity contribution in [3.8, 4) is 0 Å². The maximum absolute atomic E-state index is 15.7. The molecule has 5 N–H and O–H groups in total. The topological polar surface area (TPSA) is 111 Å². The van der Waals surface area contributed by atoms with Crippen molar-refractivity contribution in [2.24, 2.45) is 11.3 Å². The van der Waals surface area contributed by atoms with Crippen LogP contribution < -0.4 is 16.0 Å². The predicted molar refractivity (Wildman–Crippen MR) is 146 cm³/mol. The number of hydrogen-bond acceptors (Lipinski definition) is 5. The van der Waals surface area contributed by atoms with Crippen LogP contribution in [0.3, 0.4) is 0 Å². The molecule has 4 rings (SSSR count). The number of rotatable bonds is 8. The molecule has 1 fully saturated rings. The Bertz CT molecular complexity index is 1270. The van der Waals surface area contributed by atoms with Crippen LogP contribution in [-0.4, -0.2) is 53.9 Å². The van der Waals surface area contributed by atoms with Crippen molar-refractivity contribution in [1.82, 2.24) is 10.6 Å². The number of hydrogen-bond donors (Lipinski definition) is 5. The largest absolute Gasteiger partial charge is 0.396 e. The molecular formula is C28H33Cl2F2N3O4. The molecule has 1 saturated heterocycles. The van der Waals surface area contributed by atoms with Crippen LogP contribution in [0.1, 0.15) is 50.7 Å². The fourth-order valence-corrected chi connectivity index (χ4v) is 6.31. The second-order valence-corrected chi connectivity index (χ2v) is 12.3. The number of amides is 2. The van der Waals surface area contributed by atoms with Crippen LogP contribution in [0, 0.1) is 23.0 Å². The lowest BCUT2D eigenvalue weighted by atomic mass is 9.62. The minimum Gasteiger partial charge on any atom is -0.396 e. The lowest BCUT2D eigenvalue weighted by Gasteiger charge is -2.37. The van der Waals surface area contributed by atoms with Crippen molar-refractivity contribution in [3.05, 3.63) is 63.1 Å². The second-order valence-electron chi connectivity index (χ2n) is 11.5. The van der Waals surface area contributed by atoms with Gasteiger partial charge in [0.1, 0.15) is 17.0 Å². The summed E-state index contributed by atoms with van der Waals surface area (Å²) in [5.74, 6) is -4.06. The van der Waals surface area contributed by atoms with E-state index in [1.54, 1.807) is 6.07 Å². The van der Waals surface area contributed by atoms with Gasteiger partial charge in [-0.1, -0.05) is 56.1 Å². The van der Waals surface area contributed by atoms with Gasteiger partial charge in [-0.05, 0) is 47.6 Å². The van der Waals surface area contributed by atoms with E-state index in [2.05, 4.69) is 16.0 Å². The molecule has 2 amide bonds. The van der Waals surface area contributed by atoms with Crippen molar-refractivity contribution in [2.75, 3.05) is 25.1 Å². The number of carbonyl (C=O) groups is 2. The van der Waals surface area contributed by atoms with Crippen LogP contribution in [-0.2, 0) is 15.0 Å². The van der Waals surface area contributed by atoms with E-state index in [1.165, 1.54) is 24.3 Å². The monoisotopic (exact) mass is 583 g/mol. The van der Waals surface area contributed by atoms with E-state index in [9.17, 15) is 24.2 Å². The Morgan fingerprint density at radius 3 is 2.54 bits per heavy atom. The first-order valence-electron chi connectivity index (χ1n) is 12.9. The Hall–Kier alpha value is -2.30. The highest BCUT2D eigenvalue weighted by Gasteiger charge is 2.66. The second kappa shape index (κ2) is 11.3. The molecule has 0 unspecified atom stereocenters. The zero-order valence-corrected chi connectivity index (χ0v) is 23.5. The van der Waals surface area contributed by atoms with Crippen LogP contribution in [0.25, 0.3) is 0 Å². The number of anilines is 1. The molecule has 212 valence electrons. The molecule has 2 heterocycles. The minimum atomic E-state index is -1.58. The van der Waals surface area contributed by atoms with Crippen molar-refractivity contribution >= 4 is 40.7 Å². The molecule has 0 bridgehead atoms. The summed E-state index contributed by atoms with van der Waals surface area (Å²) in [7, 11) is 0. The number of aliphatic hydroxyl groups excluding tert-OH is 2. The molecule has 1 spiro atoms. The predicted octanol–water partition coefficient (Wildman–Crippen LogP) is 4.13. The fraction of sp³-hybridized carbons (Fsp3) is 0.500. The van der Waals surface area contributed by atoms with Crippen molar-refractivity contribution in [2.45, 2.75) is 57.0 Å². The molecule has 2 aliphatic heterocycles. The molecule has 2 aliphatic rings. The summed E-state index contributed by atoms with van der Waals surface area (Å²) in [6, 6.07) is 5.09. The lowest BCUT2D eigenvalue weighted by molar-refractivity contribution is -0.124. The fourth-order valence-electron chi connectivity index (χ4n) is 5.96. The van der Waals surface area contributed by atoms with Gasteiger partial charge in [0.05, 0.1) is 16.1 Å². The van der Waals surface area contributed by atoms with Crippen LogP contribution in [0.4, 0.5) is 14.5 Å². The van der Waals surface area contributed by atoms with Crippen LogP contribution >= 0.6 is 23.2 Å². The molecule has 2 aromatic carbocycles. The summed E-state index contributed by atoms with van der Waals surface area (Å²) in [6.45, 7) is 5.56. The SMILES string of the molecule is CC(C)(C)C[C@H]1N[C@@H](C(=O)NC[C@@H](CO)CCO)[C@H](c2cccc(Cl)c2F)[C@@]12C(=O)Nc1cc(Cl)c(F)cc12. The zero-order valence-electron chi connectivity index (χ0n) is 22.0. The molecule has 39 heavy (non-hydrogen) atoms. The highest BCUT2D eigenvalue weighted by Crippen LogP contribution is 2.57. The third-order valence-corrected chi connectivity index (χ3v) is 8.24.